The quantitative estimate of drug-likeness (QED) is 0.405. The van der Waals surface area contributed by atoms with Crippen LogP contribution in [-0.2, 0) is 9.53 Å². The molecule has 172 valence electrons. The van der Waals surface area contributed by atoms with Crippen LogP contribution in [0.1, 0.15) is 57.8 Å². The summed E-state index contributed by atoms with van der Waals surface area (Å²) in [4.78, 5) is 23.5. The molecule has 1 spiro atoms. The fourth-order valence-corrected chi connectivity index (χ4v) is 5.15. The van der Waals surface area contributed by atoms with Crippen LogP contribution in [0.4, 0.5) is 0 Å². The number of piperidine rings is 1. The normalized spacial score (nSPS) is 23.3. The van der Waals surface area contributed by atoms with Gasteiger partial charge in [0.05, 0.1) is 13.2 Å². The molecule has 3 aliphatic rings. The third kappa shape index (κ3) is 7.12. The summed E-state index contributed by atoms with van der Waals surface area (Å²) in [6, 6.07) is 0. The van der Waals surface area contributed by atoms with Crippen molar-refractivity contribution in [2.75, 3.05) is 73.1 Å². The molecule has 1 aliphatic carbocycles. The number of likely N-dealkylation sites (tertiary alicyclic amines) is 1. The molecule has 1 N–H and O–H groups in total. The molecule has 1 amide bonds. The highest BCUT2D eigenvalue weighted by Gasteiger charge is 2.36. The molecule has 3 rings (SSSR count). The lowest BCUT2D eigenvalue weighted by molar-refractivity contribution is -0.127. The molecule has 0 aromatic rings. The van der Waals surface area contributed by atoms with E-state index in [0.29, 0.717) is 5.41 Å². The van der Waals surface area contributed by atoms with Crippen molar-refractivity contribution < 1.29 is 9.53 Å². The molecule has 7 nitrogen and oxygen atoms in total. The number of nitrogens with zero attached hydrogens (tertiary/aromatic N) is 4. The SMILES string of the molecule is CN(C)C(=O)CN=C(NCCCN1CCOCC1)N1CCCC2(CCCCCC2)C1. The van der Waals surface area contributed by atoms with Gasteiger partial charge in [-0.2, -0.15) is 0 Å². The molecule has 7 heteroatoms. The summed E-state index contributed by atoms with van der Waals surface area (Å²) in [5.41, 5.74) is 0.455. The Hall–Kier alpha value is -1.34. The summed E-state index contributed by atoms with van der Waals surface area (Å²) in [7, 11) is 3.60. The van der Waals surface area contributed by atoms with Crippen LogP contribution in [0, 0.1) is 5.41 Å². The number of likely N-dealkylation sites (N-methyl/N-ethyl adjacent to an activating group) is 1. The number of amides is 1. The van der Waals surface area contributed by atoms with Gasteiger partial charge in [-0.25, -0.2) is 4.99 Å². The smallest absolute Gasteiger partial charge is 0.243 e. The minimum Gasteiger partial charge on any atom is -0.379 e. The average molecular weight is 422 g/mol. The Morgan fingerprint density at radius 3 is 2.43 bits per heavy atom. The second-order valence-electron chi connectivity index (χ2n) is 9.60. The van der Waals surface area contributed by atoms with Crippen LogP contribution in [-0.4, -0.2) is 99.7 Å². The number of morpholine rings is 1. The number of rotatable bonds is 6. The van der Waals surface area contributed by atoms with E-state index in [1.54, 1.807) is 19.0 Å². The summed E-state index contributed by atoms with van der Waals surface area (Å²) in [6.45, 7) is 8.12. The first-order valence-electron chi connectivity index (χ1n) is 12.1. The fourth-order valence-electron chi connectivity index (χ4n) is 5.15. The standard InChI is InChI=1S/C23H43N5O2/c1-26(2)21(29)19-25-22(24-12-8-13-27-15-17-30-18-16-27)28-14-7-11-23(20-28)9-5-3-4-6-10-23/h3-20H2,1-2H3,(H,24,25). The molecule has 30 heavy (non-hydrogen) atoms. The summed E-state index contributed by atoms with van der Waals surface area (Å²) < 4.78 is 5.44. The molecule has 0 atom stereocenters. The maximum Gasteiger partial charge on any atom is 0.243 e. The number of hydrogen-bond acceptors (Lipinski definition) is 4. The van der Waals surface area contributed by atoms with E-state index in [2.05, 4.69) is 15.1 Å². The molecule has 2 aliphatic heterocycles. The van der Waals surface area contributed by atoms with Gasteiger partial charge in [0.2, 0.25) is 5.91 Å². The third-order valence-corrected chi connectivity index (χ3v) is 7.03. The first-order valence-corrected chi connectivity index (χ1v) is 12.1. The van der Waals surface area contributed by atoms with E-state index >= 15 is 0 Å². The van der Waals surface area contributed by atoms with E-state index < -0.39 is 0 Å². The van der Waals surface area contributed by atoms with E-state index in [4.69, 9.17) is 9.73 Å². The van der Waals surface area contributed by atoms with Crippen molar-refractivity contribution in [1.29, 1.82) is 0 Å². The number of ether oxygens (including phenoxy) is 1. The summed E-state index contributed by atoms with van der Waals surface area (Å²) in [6.07, 6.45) is 11.9. The van der Waals surface area contributed by atoms with Crippen molar-refractivity contribution in [3.05, 3.63) is 0 Å². The lowest BCUT2D eigenvalue weighted by Crippen LogP contribution is -2.51. The van der Waals surface area contributed by atoms with Crippen molar-refractivity contribution in [1.82, 2.24) is 20.0 Å². The molecule has 2 saturated heterocycles. The van der Waals surface area contributed by atoms with Gasteiger partial charge in [0.1, 0.15) is 6.54 Å². The van der Waals surface area contributed by atoms with Crippen LogP contribution in [0.25, 0.3) is 0 Å². The summed E-state index contributed by atoms with van der Waals surface area (Å²) in [5.74, 6) is 0.999. The minimum absolute atomic E-state index is 0.0591. The third-order valence-electron chi connectivity index (χ3n) is 7.03. The number of aliphatic imine (C=N–C) groups is 1. The molecule has 0 aromatic heterocycles. The van der Waals surface area contributed by atoms with Gasteiger partial charge in [-0.15, -0.1) is 0 Å². The zero-order valence-electron chi connectivity index (χ0n) is 19.3. The number of carbonyl (C=O) groups is 1. The zero-order chi connectivity index (χ0) is 21.2. The highest BCUT2D eigenvalue weighted by atomic mass is 16.5. The molecule has 0 unspecified atom stereocenters. The van der Waals surface area contributed by atoms with Crippen molar-refractivity contribution in [2.24, 2.45) is 10.4 Å². The van der Waals surface area contributed by atoms with Gasteiger partial charge in [-0.05, 0) is 44.1 Å². The van der Waals surface area contributed by atoms with Crippen LogP contribution in [0.15, 0.2) is 4.99 Å². The van der Waals surface area contributed by atoms with Crippen molar-refractivity contribution >= 4 is 11.9 Å². The van der Waals surface area contributed by atoms with Gasteiger partial charge in [-0.1, -0.05) is 25.7 Å². The Balaban J connectivity index is 1.57. The maximum absolute atomic E-state index is 12.2. The highest BCUT2D eigenvalue weighted by molar-refractivity contribution is 5.85. The Morgan fingerprint density at radius 2 is 1.73 bits per heavy atom. The second-order valence-corrected chi connectivity index (χ2v) is 9.60. The van der Waals surface area contributed by atoms with Crippen LogP contribution in [0.2, 0.25) is 0 Å². The van der Waals surface area contributed by atoms with E-state index in [-0.39, 0.29) is 12.5 Å². The topological polar surface area (TPSA) is 60.4 Å². The van der Waals surface area contributed by atoms with Crippen molar-refractivity contribution in [2.45, 2.75) is 57.8 Å². The summed E-state index contributed by atoms with van der Waals surface area (Å²) >= 11 is 0. The second kappa shape index (κ2) is 11.9. The van der Waals surface area contributed by atoms with E-state index in [0.717, 1.165) is 64.9 Å². The first-order chi connectivity index (χ1) is 14.6. The van der Waals surface area contributed by atoms with Gasteiger partial charge in [0, 0.05) is 46.8 Å². The minimum atomic E-state index is 0.0591. The predicted octanol–water partition coefficient (Wildman–Crippen LogP) is 2.18. The molecule has 1 saturated carbocycles. The van der Waals surface area contributed by atoms with E-state index in [1.807, 2.05) is 0 Å². The van der Waals surface area contributed by atoms with Gasteiger partial charge in [0.25, 0.3) is 0 Å². The molecule has 0 bridgehead atoms. The van der Waals surface area contributed by atoms with Crippen LogP contribution >= 0.6 is 0 Å². The average Bonchev–Trinajstić information content (AvgIpc) is 2.98. The molecular weight excluding hydrogens is 378 g/mol. The van der Waals surface area contributed by atoms with Gasteiger partial charge >= 0.3 is 0 Å². The van der Waals surface area contributed by atoms with Crippen LogP contribution in [0.3, 0.4) is 0 Å². The Morgan fingerprint density at radius 1 is 1.03 bits per heavy atom. The maximum atomic E-state index is 12.2. The lowest BCUT2D eigenvalue weighted by atomic mass is 9.74. The monoisotopic (exact) mass is 421 g/mol. The predicted molar refractivity (Wildman–Crippen MR) is 122 cm³/mol. The number of carbonyl (C=O) groups excluding carboxylic acids is 1. The van der Waals surface area contributed by atoms with E-state index in [9.17, 15) is 4.79 Å². The van der Waals surface area contributed by atoms with Crippen LogP contribution in [0.5, 0.6) is 0 Å². The molecule has 2 heterocycles. The molecule has 3 fully saturated rings. The van der Waals surface area contributed by atoms with Gasteiger partial charge in [-0.3, -0.25) is 9.69 Å². The van der Waals surface area contributed by atoms with Gasteiger partial charge in [0.15, 0.2) is 5.96 Å². The Kier molecular flexibility index (Phi) is 9.25. The van der Waals surface area contributed by atoms with Gasteiger partial charge < -0.3 is 19.9 Å². The largest absolute Gasteiger partial charge is 0.379 e. The van der Waals surface area contributed by atoms with Crippen LogP contribution < -0.4 is 5.32 Å². The van der Waals surface area contributed by atoms with Crippen molar-refractivity contribution in [3.8, 4) is 0 Å². The highest BCUT2D eigenvalue weighted by Crippen LogP contribution is 2.42. The number of guanidine groups is 1. The number of hydrogen-bond donors (Lipinski definition) is 1. The molecule has 0 radical (unpaired) electrons. The fraction of sp³-hybridized carbons (Fsp3) is 0.913. The Bertz CT molecular complexity index is 552. The zero-order valence-corrected chi connectivity index (χ0v) is 19.3. The Labute approximate surface area is 183 Å². The first kappa shape index (κ1) is 23.3. The molecule has 0 aromatic carbocycles. The number of nitrogens with one attached hydrogen (secondary N) is 1. The summed E-state index contributed by atoms with van der Waals surface area (Å²) in [5, 5.41) is 3.61. The van der Waals surface area contributed by atoms with Crippen molar-refractivity contribution in [3.63, 3.8) is 0 Å². The lowest BCUT2D eigenvalue weighted by Gasteiger charge is -2.44. The molecular formula is C23H43N5O2. The van der Waals surface area contributed by atoms with E-state index in [1.165, 1.54) is 51.4 Å².